The van der Waals surface area contributed by atoms with Crippen LogP contribution in [0.4, 0.5) is 5.82 Å². The fraction of sp³-hybridized carbons (Fsp3) is 0. The molecule has 0 spiro atoms. The summed E-state index contributed by atoms with van der Waals surface area (Å²) in [7, 11) is 0. The summed E-state index contributed by atoms with van der Waals surface area (Å²) in [5.41, 5.74) is 8.51. The lowest BCUT2D eigenvalue weighted by atomic mass is 10.2. The van der Waals surface area contributed by atoms with Gasteiger partial charge in [0.15, 0.2) is 5.65 Å². The maximum Gasteiger partial charge on any atom is 0.157 e. The number of fused-ring (bicyclic) bond motifs is 1. The van der Waals surface area contributed by atoms with Crippen LogP contribution in [0.25, 0.3) is 16.9 Å². The lowest BCUT2D eigenvalue weighted by Gasteiger charge is -1.95. The first kappa shape index (κ1) is 8.91. The first-order valence-electron chi connectivity index (χ1n) is 5.00. The quantitative estimate of drug-likeness (QED) is 0.668. The van der Waals surface area contributed by atoms with Crippen LogP contribution >= 0.6 is 0 Å². The van der Waals surface area contributed by atoms with Crippen molar-refractivity contribution in [2.75, 3.05) is 5.73 Å². The summed E-state index contributed by atoms with van der Waals surface area (Å²) >= 11 is 0. The highest BCUT2D eigenvalue weighted by atomic mass is 15.3. The Morgan fingerprint density at radius 3 is 2.62 bits per heavy atom. The Morgan fingerprint density at radius 2 is 1.88 bits per heavy atom. The molecule has 0 aliphatic carbocycles. The molecule has 0 aliphatic heterocycles. The van der Waals surface area contributed by atoms with Gasteiger partial charge in [0.2, 0.25) is 0 Å². The molecule has 3 aromatic rings. The summed E-state index contributed by atoms with van der Waals surface area (Å²) in [5, 5.41) is 4.41. The van der Waals surface area contributed by atoms with E-state index in [-0.39, 0.29) is 0 Å². The summed E-state index contributed by atoms with van der Waals surface area (Å²) in [6.45, 7) is 0. The van der Waals surface area contributed by atoms with E-state index in [4.69, 9.17) is 5.73 Å². The monoisotopic (exact) mass is 210 g/mol. The van der Waals surface area contributed by atoms with Gasteiger partial charge in [-0.25, -0.2) is 4.98 Å². The van der Waals surface area contributed by atoms with Crippen LogP contribution in [0.1, 0.15) is 0 Å². The van der Waals surface area contributed by atoms with E-state index in [1.165, 1.54) is 0 Å². The van der Waals surface area contributed by atoms with E-state index in [2.05, 4.69) is 10.1 Å². The average Bonchev–Trinajstić information content (AvgIpc) is 2.76. The molecule has 0 aliphatic rings. The van der Waals surface area contributed by atoms with Crippen LogP contribution < -0.4 is 5.73 Å². The van der Waals surface area contributed by atoms with E-state index in [0.29, 0.717) is 5.82 Å². The Bertz CT molecular complexity index is 628. The summed E-state index contributed by atoms with van der Waals surface area (Å²) < 4.78 is 1.64. The Kier molecular flexibility index (Phi) is 1.86. The van der Waals surface area contributed by atoms with Crippen LogP contribution in [-0.4, -0.2) is 14.6 Å². The fourth-order valence-electron chi connectivity index (χ4n) is 1.66. The fourth-order valence-corrected chi connectivity index (χ4v) is 1.66. The van der Waals surface area contributed by atoms with Crippen molar-refractivity contribution in [3.63, 3.8) is 0 Å². The maximum absolute atomic E-state index is 5.81. The van der Waals surface area contributed by atoms with Crippen molar-refractivity contribution in [1.29, 1.82) is 0 Å². The highest BCUT2D eigenvalue weighted by molar-refractivity contribution is 5.64. The van der Waals surface area contributed by atoms with Gasteiger partial charge >= 0.3 is 0 Å². The zero-order valence-corrected chi connectivity index (χ0v) is 8.54. The molecule has 78 valence electrons. The van der Waals surface area contributed by atoms with Crippen LogP contribution in [0.2, 0.25) is 0 Å². The van der Waals surface area contributed by atoms with Gasteiger partial charge in [-0.1, -0.05) is 30.3 Å². The lowest BCUT2D eigenvalue weighted by Crippen LogP contribution is -1.98. The molecule has 0 bridgehead atoms. The number of rotatable bonds is 1. The minimum Gasteiger partial charge on any atom is -0.384 e. The summed E-state index contributed by atoms with van der Waals surface area (Å²) in [6.07, 6.45) is 1.68. The molecular formula is C12H10N4. The Morgan fingerprint density at radius 1 is 1.06 bits per heavy atom. The van der Waals surface area contributed by atoms with Crippen molar-refractivity contribution >= 4 is 11.5 Å². The van der Waals surface area contributed by atoms with Crippen LogP contribution in [0.5, 0.6) is 0 Å². The number of hydrogen-bond donors (Lipinski definition) is 1. The maximum atomic E-state index is 5.81. The molecule has 4 heteroatoms. The summed E-state index contributed by atoms with van der Waals surface area (Å²) in [5.74, 6) is 0.590. The molecule has 0 saturated heterocycles. The van der Waals surface area contributed by atoms with Crippen LogP contribution in [0, 0.1) is 0 Å². The van der Waals surface area contributed by atoms with E-state index >= 15 is 0 Å². The molecule has 0 saturated carbocycles. The molecule has 4 nitrogen and oxygen atoms in total. The topological polar surface area (TPSA) is 56.2 Å². The second kappa shape index (κ2) is 3.34. The predicted molar refractivity (Wildman–Crippen MR) is 62.8 cm³/mol. The zero-order chi connectivity index (χ0) is 11.0. The van der Waals surface area contributed by atoms with E-state index in [1.54, 1.807) is 16.8 Å². The SMILES string of the molecule is Nc1ccnc2cc(-c3ccccc3)nn12. The molecule has 0 atom stereocenters. The Labute approximate surface area is 92.4 Å². The molecule has 16 heavy (non-hydrogen) atoms. The number of anilines is 1. The van der Waals surface area contributed by atoms with Crippen molar-refractivity contribution in [1.82, 2.24) is 14.6 Å². The molecular weight excluding hydrogens is 200 g/mol. The van der Waals surface area contributed by atoms with E-state index in [1.807, 2.05) is 36.4 Å². The van der Waals surface area contributed by atoms with Gasteiger partial charge in [0.25, 0.3) is 0 Å². The number of nitrogens with zero attached hydrogens (tertiary/aromatic N) is 3. The number of hydrogen-bond acceptors (Lipinski definition) is 3. The number of nitrogens with two attached hydrogens (primary N) is 1. The van der Waals surface area contributed by atoms with E-state index in [9.17, 15) is 0 Å². The molecule has 0 amide bonds. The van der Waals surface area contributed by atoms with Crippen molar-refractivity contribution < 1.29 is 0 Å². The van der Waals surface area contributed by atoms with E-state index < -0.39 is 0 Å². The number of nitrogen functional groups attached to an aromatic ring is 1. The number of benzene rings is 1. The van der Waals surface area contributed by atoms with Gasteiger partial charge in [-0.3, -0.25) is 0 Å². The molecule has 3 rings (SSSR count). The second-order valence-electron chi connectivity index (χ2n) is 3.54. The van der Waals surface area contributed by atoms with Crippen LogP contribution in [0.15, 0.2) is 48.7 Å². The third-order valence-corrected chi connectivity index (χ3v) is 2.46. The first-order chi connectivity index (χ1) is 7.84. The highest BCUT2D eigenvalue weighted by Crippen LogP contribution is 2.19. The molecule has 0 fully saturated rings. The van der Waals surface area contributed by atoms with Gasteiger partial charge in [0.1, 0.15) is 5.82 Å². The van der Waals surface area contributed by atoms with Gasteiger partial charge in [0, 0.05) is 17.8 Å². The summed E-state index contributed by atoms with van der Waals surface area (Å²) in [6, 6.07) is 13.6. The van der Waals surface area contributed by atoms with Crippen molar-refractivity contribution in [2.45, 2.75) is 0 Å². The van der Waals surface area contributed by atoms with Crippen molar-refractivity contribution in [2.24, 2.45) is 0 Å². The van der Waals surface area contributed by atoms with Crippen LogP contribution in [-0.2, 0) is 0 Å². The lowest BCUT2D eigenvalue weighted by molar-refractivity contribution is 0.956. The minimum absolute atomic E-state index is 0.590. The normalized spacial score (nSPS) is 10.8. The highest BCUT2D eigenvalue weighted by Gasteiger charge is 2.05. The third kappa shape index (κ3) is 1.32. The molecule has 2 aromatic heterocycles. The van der Waals surface area contributed by atoms with Crippen molar-refractivity contribution in [3.05, 3.63) is 48.7 Å². The Balaban J connectivity index is 2.23. The molecule has 2 heterocycles. The van der Waals surface area contributed by atoms with Gasteiger partial charge in [-0.05, 0) is 6.07 Å². The van der Waals surface area contributed by atoms with Gasteiger partial charge < -0.3 is 5.73 Å². The molecule has 1 aromatic carbocycles. The minimum atomic E-state index is 0.590. The Hall–Kier alpha value is -2.36. The second-order valence-corrected chi connectivity index (χ2v) is 3.54. The molecule has 2 N–H and O–H groups in total. The summed E-state index contributed by atoms with van der Waals surface area (Å²) in [4.78, 5) is 4.21. The average molecular weight is 210 g/mol. The predicted octanol–water partition coefficient (Wildman–Crippen LogP) is 1.98. The zero-order valence-electron chi connectivity index (χ0n) is 8.54. The molecule has 0 radical (unpaired) electrons. The van der Waals surface area contributed by atoms with Crippen molar-refractivity contribution in [3.8, 4) is 11.3 Å². The largest absolute Gasteiger partial charge is 0.384 e. The first-order valence-corrected chi connectivity index (χ1v) is 5.00. The molecule has 0 unspecified atom stereocenters. The van der Waals surface area contributed by atoms with Gasteiger partial charge in [-0.2, -0.15) is 9.61 Å². The van der Waals surface area contributed by atoms with E-state index in [0.717, 1.165) is 16.9 Å². The smallest absolute Gasteiger partial charge is 0.157 e. The van der Waals surface area contributed by atoms with Gasteiger partial charge in [-0.15, -0.1) is 0 Å². The van der Waals surface area contributed by atoms with Gasteiger partial charge in [0.05, 0.1) is 5.69 Å². The third-order valence-electron chi connectivity index (χ3n) is 2.46. The van der Waals surface area contributed by atoms with Crippen LogP contribution in [0.3, 0.4) is 0 Å². The number of aromatic nitrogens is 3. The standard InChI is InChI=1S/C12H10N4/c13-11-6-7-14-12-8-10(15-16(11)12)9-4-2-1-3-5-9/h1-8H,13H2.